The van der Waals surface area contributed by atoms with E-state index in [0.29, 0.717) is 17.3 Å². The molecule has 0 aromatic heterocycles. The first-order chi connectivity index (χ1) is 17.6. The number of carbonyl (C=O) groups excluding carboxylic acids is 1. The molecular formula is C29H26N4O3. The van der Waals surface area contributed by atoms with E-state index in [1.165, 1.54) is 0 Å². The third kappa shape index (κ3) is 5.21. The maximum atomic E-state index is 12.9. The van der Waals surface area contributed by atoms with Gasteiger partial charge in [-0.15, -0.1) is 0 Å². The van der Waals surface area contributed by atoms with Crippen LogP contribution in [0.25, 0.3) is 0 Å². The Balaban J connectivity index is 1.43. The van der Waals surface area contributed by atoms with Crippen LogP contribution in [0.2, 0.25) is 0 Å². The summed E-state index contributed by atoms with van der Waals surface area (Å²) in [6, 6.07) is 35.6. The van der Waals surface area contributed by atoms with Gasteiger partial charge in [0.2, 0.25) is 0 Å². The zero-order chi connectivity index (χ0) is 24.8. The van der Waals surface area contributed by atoms with Gasteiger partial charge in [-0.25, -0.2) is 9.80 Å². The fourth-order valence-electron chi connectivity index (χ4n) is 3.94. The van der Waals surface area contributed by atoms with Crippen molar-refractivity contribution < 1.29 is 14.3 Å². The van der Waals surface area contributed by atoms with Crippen LogP contribution >= 0.6 is 0 Å². The summed E-state index contributed by atoms with van der Waals surface area (Å²) in [5, 5.41) is 4.57. The van der Waals surface area contributed by atoms with Crippen LogP contribution in [0.4, 0.5) is 16.2 Å². The van der Waals surface area contributed by atoms with Crippen LogP contribution in [-0.2, 0) is 10.3 Å². The fourth-order valence-corrected chi connectivity index (χ4v) is 3.94. The van der Waals surface area contributed by atoms with Gasteiger partial charge >= 0.3 is 6.03 Å². The van der Waals surface area contributed by atoms with Crippen molar-refractivity contribution in [2.24, 2.45) is 4.99 Å². The molecule has 1 unspecified atom stereocenters. The standard InChI is InChI=1S/C29H26N4O3/c1-29(22-17-19-26(20-18-22)36-25-15-9-4-10-16-25)27(31-28(34)30-23-11-5-2-6-12-23)33(21-35-29)32-24-13-7-3-8-14-24/h2-20,32H,21H2,1H3,(H,30,34). The number of hydrazine groups is 1. The van der Waals surface area contributed by atoms with Crippen LogP contribution in [0.5, 0.6) is 11.5 Å². The first kappa shape index (κ1) is 23.1. The highest BCUT2D eigenvalue weighted by Gasteiger charge is 2.44. The number of amides is 2. The van der Waals surface area contributed by atoms with E-state index in [0.717, 1.165) is 17.0 Å². The van der Waals surface area contributed by atoms with Gasteiger partial charge in [0.25, 0.3) is 0 Å². The van der Waals surface area contributed by atoms with Crippen molar-refractivity contribution in [3.63, 3.8) is 0 Å². The number of hydrogen-bond donors (Lipinski definition) is 2. The summed E-state index contributed by atoms with van der Waals surface area (Å²) in [6.07, 6.45) is 0. The lowest BCUT2D eigenvalue weighted by atomic mass is 9.94. The van der Waals surface area contributed by atoms with E-state index >= 15 is 0 Å². The van der Waals surface area contributed by atoms with E-state index in [-0.39, 0.29) is 6.73 Å². The Morgan fingerprint density at radius 3 is 2.00 bits per heavy atom. The molecule has 7 nitrogen and oxygen atoms in total. The summed E-state index contributed by atoms with van der Waals surface area (Å²) in [4.78, 5) is 17.4. The number of nitrogens with zero attached hydrogens (tertiary/aromatic N) is 2. The first-order valence-corrected chi connectivity index (χ1v) is 11.6. The number of hydrogen-bond acceptors (Lipinski definition) is 4. The molecule has 0 saturated carbocycles. The number of amidine groups is 1. The lowest BCUT2D eigenvalue weighted by Crippen LogP contribution is -2.40. The number of rotatable bonds is 6. The van der Waals surface area contributed by atoms with Crippen LogP contribution in [-0.4, -0.2) is 23.6 Å². The molecule has 36 heavy (non-hydrogen) atoms. The normalized spacial score (nSPS) is 18.1. The Morgan fingerprint density at radius 2 is 1.36 bits per heavy atom. The molecule has 2 amide bonds. The molecular weight excluding hydrogens is 452 g/mol. The van der Waals surface area contributed by atoms with Crippen LogP contribution in [0.3, 0.4) is 0 Å². The maximum Gasteiger partial charge on any atom is 0.347 e. The summed E-state index contributed by atoms with van der Waals surface area (Å²) in [6.45, 7) is 2.10. The molecule has 2 N–H and O–H groups in total. The smallest absolute Gasteiger partial charge is 0.347 e. The van der Waals surface area contributed by atoms with Gasteiger partial charge in [0.05, 0.1) is 5.69 Å². The van der Waals surface area contributed by atoms with E-state index in [4.69, 9.17) is 9.47 Å². The van der Waals surface area contributed by atoms with Gasteiger partial charge < -0.3 is 14.8 Å². The van der Waals surface area contributed by atoms with Crippen molar-refractivity contribution in [2.75, 3.05) is 17.5 Å². The van der Waals surface area contributed by atoms with Gasteiger partial charge in [-0.3, -0.25) is 5.43 Å². The molecule has 1 saturated heterocycles. The average Bonchev–Trinajstić information content (AvgIpc) is 3.22. The van der Waals surface area contributed by atoms with E-state index < -0.39 is 11.6 Å². The van der Waals surface area contributed by atoms with Gasteiger partial charge in [0.15, 0.2) is 11.4 Å². The minimum Gasteiger partial charge on any atom is -0.457 e. The van der Waals surface area contributed by atoms with Gasteiger partial charge in [0.1, 0.15) is 18.2 Å². The van der Waals surface area contributed by atoms with Crippen molar-refractivity contribution in [3.05, 3.63) is 121 Å². The van der Waals surface area contributed by atoms with Crippen molar-refractivity contribution in [2.45, 2.75) is 12.5 Å². The van der Waals surface area contributed by atoms with Crippen molar-refractivity contribution in [1.82, 2.24) is 5.01 Å². The SMILES string of the molecule is CC1(c2ccc(Oc3ccccc3)cc2)OCN(Nc2ccccc2)C1=NC(=O)Nc1ccccc1. The average molecular weight is 479 g/mol. The predicted molar refractivity (Wildman–Crippen MR) is 141 cm³/mol. The van der Waals surface area contributed by atoms with E-state index in [2.05, 4.69) is 15.7 Å². The van der Waals surface area contributed by atoms with E-state index in [1.807, 2.05) is 122 Å². The van der Waals surface area contributed by atoms with Gasteiger partial charge in [-0.2, -0.15) is 4.99 Å². The number of urea groups is 1. The van der Waals surface area contributed by atoms with Crippen LogP contribution in [0.1, 0.15) is 12.5 Å². The molecule has 5 rings (SSSR count). The molecule has 1 fully saturated rings. The highest BCUT2D eigenvalue weighted by molar-refractivity contribution is 6.04. The summed E-state index contributed by atoms with van der Waals surface area (Å²) in [5.41, 5.74) is 4.69. The Morgan fingerprint density at radius 1 is 0.806 bits per heavy atom. The zero-order valence-electron chi connectivity index (χ0n) is 19.8. The summed E-state index contributed by atoms with van der Waals surface area (Å²) >= 11 is 0. The summed E-state index contributed by atoms with van der Waals surface area (Å²) < 4.78 is 12.2. The van der Waals surface area contributed by atoms with Crippen molar-refractivity contribution >= 4 is 23.2 Å². The van der Waals surface area contributed by atoms with Crippen molar-refractivity contribution in [3.8, 4) is 11.5 Å². The lowest BCUT2D eigenvalue weighted by Gasteiger charge is -2.26. The van der Waals surface area contributed by atoms with E-state index in [9.17, 15) is 4.79 Å². The molecule has 1 heterocycles. The topological polar surface area (TPSA) is 75.2 Å². The highest BCUT2D eigenvalue weighted by atomic mass is 16.5. The Kier molecular flexibility index (Phi) is 6.64. The monoisotopic (exact) mass is 478 g/mol. The molecule has 1 aliphatic rings. The lowest BCUT2D eigenvalue weighted by molar-refractivity contribution is 0.0292. The Labute approximate surface area is 210 Å². The molecule has 0 aliphatic carbocycles. The minimum absolute atomic E-state index is 0.200. The number of anilines is 2. The van der Waals surface area contributed by atoms with Gasteiger partial charge in [-0.1, -0.05) is 66.7 Å². The summed E-state index contributed by atoms with van der Waals surface area (Å²) in [5.74, 6) is 1.90. The molecule has 4 aromatic carbocycles. The predicted octanol–water partition coefficient (Wildman–Crippen LogP) is 6.64. The molecule has 0 bridgehead atoms. The number of para-hydroxylation sites is 3. The van der Waals surface area contributed by atoms with Crippen LogP contribution in [0, 0.1) is 0 Å². The molecule has 4 aromatic rings. The Hall–Kier alpha value is -4.62. The zero-order valence-corrected chi connectivity index (χ0v) is 19.8. The van der Waals surface area contributed by atoms with Crippen LogP contribution < -0.4 is 15.5 Å². The number of ether oxygens (including phenoxy) is 2. The third-order valence-electron chi connectivity index (χ3n) is 5.82. The van der Waals surface area contributed by atoms with Crippen molar-refractivity contribution in [1.29, 1.82) is 0 Å². The van der Waals surface area contributed by atoms with Crippen LogP contribution in [0.15, 0.2) is 120 Å². The van der Waals surface area contributed by atoms with E-state index in [1.54, 1.807) is 5.01 Å². The second kappa shape index (κ2) is 10.3. The quantitative estimate of drug-likeness (QED) is 0.325. The molecule has 180 valence electrons. The third-order valence-corrected chi connectivity index (χ3v) is 5.82. The second-order valence-electron chi connectivity index (χ2n) is 8.38. The van der Waals surface area contributed by atoms with Gasteiger partial charge in [0, 0.05) is 5.69 Å². The largest absolute Gasteiger partial charge is 0.457 e. The second-order valence-corrected chi connectivity index (χ2v) is 8.38. The molecule has 7 heteroatoms. The van der Waals surface area contributed by atoms with Gasteiger partial charge in [-0.05, 0) is 61.0 Å². The minimum atomic E-state index is -0.971. The molecule has 0 radical (unpaired) electrons. The maximum absolute atomic E-state index is 12.9. The number of nitrogens with one attached hydrogen (secondary N) is 2. The number of benzene rings is 4. The number of carbonyl (C=O) groups is 1. The highest BCUT2D eigenvalue weighted by Crippen LogP contribution is 2.36. The fraction of sp³-hybridized carbons (Fsp3) is 0.103. The molecule has 1 atom stereocenters. The molecule has 0 spiro atoms. The summed E-state index contributed by atoms with van der Waals surface area (Å²) in [7, 11) is 0. The number of aliphatic imine (C=N–C) groups is 1. The molecule has 1 aliphatic heterocycles. The first-order valence-electron chi connectivity index (χ1n) is 11.6. The Bertz CT molecular complexity index is 1330.